The van der Waals surface area contributed by atoms with E-state index in [4.69, 9.17) is 0 Å². The maximum absolute atomic E-state index is 12.2. The number of hydrogen-bond donors (Lipinski definition) is 3. The van der Waals surface area contributed by atoms with Gasteiger partial charge in [-0.2, -0.15) is 0 Å². The number of nitrogens with zero attached hydrogens (tertiary/aromatic N) is 2. The van der Waals surface area contributed by atoms with Crippen molar-refractivity contribution in [2.45, 2.75) is 31.9 Å². The van der Waals surface area contributed by atoms with Crippen molar-refractivity contribution < 1.29 is 9.90 Å². The molecule has 0 bridgehead atoms. The summed E-state index contributed by atoms with van der Waals surface area (Å²) in [5, 5.41) is 13.2. The molecule has 0 saturated carbocycles. The first-order valence-corrected chi connectivity index (χ1v) is 10.5. The number of H-pyrrole nitrogens is 1. The second kappa shape index (κ2) is 9.69. The average molecular weight is 405 g/mol. The predicted molar refractivity (Wildman–Crippen MR) is 117 cm³/mol. The first kappa shape index (κ1) is 20.3. The van der Waals surface area contributed by atoms with Gasteiger partial charge < -0.3 is 15.4 Å². The Hall–Kier alpha value is -2.96. The molecule has 1 aliphatic rings. The molecule has 0 radical (unpaired) electrons. The molecule has 0 spiro atoms. The summed E-state index contributed by atoms with van der Waals surface area (Å²) in [7, 11) is 0. The number of β-amino-alcohol motifs (C(OH)–C–C–N with tert-alkyl or cyclic N) is 1. The number of carbonyl (C=O) groups excluding carboxylic acids is 1. The number of aliphatic hydroxyl groups excluding tert-OH is 1. The largest absolute Gasteiger partial charge is 0.390 e. The highest BCUT2D eigenvalue weighted by Crippen LogP contribution is 2.18. The van der Waals surface area contributed by atoms with Crippen LogP contribution in [-0.2, 0) is 24.2 Å². The second-order valence-corrected chi connectivity index (χ2v) is 7.82. The maximum Gasteiger partial charge on any atom is 0.220 e. The Morgan fingerprint density at radius 1 is 1.13 bits per heavy atom. The van der Waals surface area contributed by atoms with Crippen LogP contribution in [0.4, 0.5) is 0 Å². The van der Waals surface area contributed by atoms with Crippen molar-refractivity contribution in [3.05, 3.63) is 77.7 Å². The van der Waals surface area contributed by atoms with Crippen LogP contribution in [0.25, 0.3) is 11.3 Å². The molecule has 0 saturated heterocycles. The van der Waals surface area contributed by atoms with Crippen molar-refractivity contribution >= 4 is 5.91 Å². The average Bonchev–Trinajstić information content (AvgIpc) is 3.26. The molecule has 2 heterocycles. The van der Waals surface area contributed by atoms with E-state index in [0.717, 1.165) is 36.6 Å². The number of hydrogen-bond acceptors (Lipinski definition) is 4. The second-order valence-electron chi connectivity index (χ2n) is 7.82. The minimum atomic E-state index is -0.576. The molecule has 6 heteroatoms. The van der Waals surface area contributed by atoms with Gasteiger partial charge in [-0.25, -0.2) is 4.98 Å². The first-order valence-electron chi connectivity index (χ1n) is 10.5. The van der Waals surface area contributed by atoms with Crippen molar-refractivity contribution in [2.24, 2.45) is 0 Å². The number of benzene rings is 2. The summed E-state index contributed by atoms with van der Waals surface area (Å²) < 4.78 is 0. The Balaban J connectivity index is 1.18. The van der Waals surface area contributed by atoms with Gasteiger partial charge >= 0.3 is 0 Å². The fourth-order valence-corrected chi connectivity index (χ4v) is 3.88. The minimum Gasteiger partial charge on any atom is -0.390 e. The van der Waals surface area contributed by atoms with Gasteiger partial charge in [-0.15, -0.1) is 0 Å². The summed E-state index contributed by atoms with van der Waals surface area (Å²) in [5.41, 5.74) is 4.74. The fraction of sp³-hybridized carbons (Fsp3) is 0.333. The van der Waals surface area contributed by atoms with E-state index < -0.39 is 6.10 Å². The highest BCUT2D eigenvalue weighted by atomic mass is 16.3. The van der Waals surface area contributed by atoms with E-state index in [9.17, 15) is 9.90 Å². The smallest absolute Gasteiger partial charge is 0.220 e. The number of aliphatic hydroxyl groups is 1. The lowest BCUT2D eigenvalue weighted by Gasteiger charge is -2.30. The third-order valence-corrected chi connectivity index (χ3v) is 5.52. The van der Waals surface area contributed by atoms with Crippen LogP contribution in [0.3, 0.4) is 0 Å². The Kier molecular flexibility index (Phi) is 6.57. The zero-order valence-corrected chi connectivity index (χ0v) is 17.1. The normalized spacial score (nSPS) is 14.8. The van der Waals surface area contributed by atoms with E-state index in [2.05, 4.69) is 44.5 Å². The lowest BCUT2D eigenvalue weighted by molar-refractivity contribution is -0.121. The topological polar surface area (TPSA) is 81.2 Å². The van der Waals surface area contributed by atoms with Crippen molar-refractivity contribution in [1.29, 1.82) is 0 Å². The van der Waals surface area contributed by atoms with Crippen LogP contribution in [0.15, 0.2) is 60.8 Å². The van der Waals surface area contributed by atoms with Crippen LogP contribution < -0.4 is 5.32 Å². The maximum atomic E-state index is 12.2. The Bertz CT molecular complexity index is 970. The van der Waals surface area contributed by atoms with E-state index in [1.54, 1.807) is 6.20 Å². The van der Waals surface area contributed by atoms with Gasteiger partial charge in [0, 0.05) is 39.0 Å². The molecule has 0 aliphatic carbocycles. The standard InChI is InChI=1S/C24H28N4O2/c29-21(17-28-13-12-18-6-4-5-9-20(18)16-28)14-26-24(30)11-10-23-25-15-22(27-23)19-7-2-1-3-8-19/h1-9,15,21,29H,10-14,16-17H2,(H,25,27)(H,26,30)/t21-/m0/s1. The van der Waals surface area contributed by atoms with Crippen LogP contribution in [0.1, 0.15) is 23.4 Å². The lowest BCUT2D eigenvalue weighted by atomic mass is 10.00. The number of aromatic nitrogens is 2. The Morgan fingerprint density at radius 3 is 2.73 bits per heavy atom. The number of carbonyl (C=O) groups is 1. The number of aryl methyl sites for hydroxylation is 1. The van der Waals surface area contributed by atoms with Crippen LogP contribution in [0, 0.1) is 0 Å². The summed E-state index contributed by atoms with van der Waals surface area (Å²) in [6.45, 7) is 2.62. The van der Waals surface area contributed by atoms with Crippen molar-refractivity contribution in [3.63, 3.8) is 0 Å². The zero-order chi connectivity index (χ0) is 20.8. The van der Waals surface area contributed by atoms with Gasteiger partial charge in [0.15, 0.2) is 0 Å². The fourth-order valence-electron chi connectivity index (χ4n) is 3.88. The highest BCUT2D eigenvalue weighted by molar-refractivity contribution is 5.76. The highest BCUT2D eigenvalue weighted by Gasteiger charge is 2.18. The molecule has 1 atom stereocenters. The van der Waals surface area contributed by atoms with Crippen LogP contribution in [-0.4, -0.2) is 51.6 Å². The molecule has 3 N–H and O–H groups in total. The van der Waals surface area contributed by atoms with Crippen LogP contribution >= 0.6 is 0 Å². The molecule has 0 unspecified atom stereocenters. The summed E-state index contributed by atoms with van der Waals surface area (Å²) in [6.07, 6.45) is 3.10. The number of aromatic amines is 1. The molecule has 156 valence electrons. The number of amides is 1. The van der Waals surface area contributed by atoms with Gasteiger partial charge in [0.2, 0.25) is 5.91 Å². The van der Waals surface area contributed by atoms with Crippen molar-refractivity contribution in [1.82, 2.24) is 20.2 Å². The molecule has 1 amide bonds. The van der Waals surface area contributed by atoms with Gasteiger partial charge in [-0.3, -0.25) is 9.69 Å². The van der Waals surface area contributed by atoms with E-state index in [1.807, 2.05) is 30.3 Å². The Morgan fingerprint density at radius 2 is 1.90 bits per heavy atom. The van der Waals surface area contributed by atoms with E-state index >= 15 is 0 Å². The molecule has 1 aromatic heterocycles. The molecule has 0 fully saturated rings. The first-order chi connectivity index (χ1) is 14.7. The lowest BCUT2D eigenvalue weighted by Crippen LogP contribution is -2.42. The van der Waals surface area contributed by atoms with Crippen molar-refractivity contribution in [3.8, 4) is 11.3 Å². The summed E-state index contributed by atoms with van der Waals surface area (Å²) in [5.74, 6) is 0.715. The number of rotatable bonds is 8. The number of fused-ring (bicyclic) bond motifs is 1. The summed E-state index contributed by atoms with van der Waals surface area (Å²) >= 11 is 0. The number of nitrogens with one attached hydrogen (secondary N) is 2. The monoisotopic (exact) mass is 404 g/mol. The van der Waals surface area contributed by atoms with Gasteiger partial charge in [0.25, 0.3) is 0 Å². The van der Waals surface area contributed by atoms with Gasteiger partial charge in [0.05, 0.1) is 18.0 Å². The molecule has 2 aromatic carbocycles. The summed E-state index contributed by atoms with van der Waals surface area (Å²) in [6, 6.07) is 18.4. The van der Waals surface area contributed by atoms with Gasteiger partial charge in [0.1, 0.15) is 5.82 Å². The van der Waals surface area contributed by atoms with Crippen LogP contribution in [0.2, 0.25) is 0 Å². The van der Waals surface area contributed by atoms with Crippen LogP contribution in [0.5, 0.6) is 0 Å². The molecule has 30 heavy (non-hydrogen) atoms. The van der Waals surface area contributed by atoms with E-state index in [-0.39, 0.29) is 12.5 Å². The van der Waals surface area contributed by atoms with Gasteiger partial charge in [-0.05, 0) is 23.1 Å². The third-order valence-electron chi connectivity index (χ3n) is 5.52. The van der Waals surface area contributed by atoms with E-state index in [0.29, 0.717) is 19.4 Å². The summed E-state index contributed by atoms with van der Waals surface area (Å²) in [4.78, 5) is 22.0. The molecule has 4 rings (SSSR count). The molecule has 3 aromatic rings. The predicted octanol–water partition coefficient (Wildman–Crippen LogP) is 2.54. The minimum absolute atomic E-state index is 0.0734. The molecular weight excluding hydrogens is 376 g/mol. The van der Waals surface area contributed by atoms with Gasteiger partial charge in [-0.1, -0.05) is 54.6 Å². The van der Waals surface area contributed by atoms with E-state index in [1.165, 1.54) is 11.1 Å². The molecular formula is C24H28N4O2. The third kappa shape index (κ3) is 5.34. The molecule has 1 aliphatic heterocycles. The quantitative estimate of drug-likeness (QED) is 0.539. The molecule has 6 nitrogen and oxygen atoms in total. The van der Waals surface area contributed by atoms with Crippen molar-refractivity contribution in [2.75, 3.05) is 19.6 Å². The number of imidazole rings is 1. The Labute approximate surface area is 177 Å². The SMILES string of the molecule is O=C(CCc1ncc(-c2ccccc2)[nH]1)NC[C@H](O)CN1CCc2ccccc2C1. The zero-order valence-electron chi connectivity index (χ0n) is 17.1.